The highest BCUT2D eigenvalue weighted by molar-refractivity contribution is 8.00. The van der Waals surface area contributed by atoms with Gasteiger partial charge in [-0.2, -0.15) is 0 Å². The standard InChI is InChI=1S/C24H25NO3S/c1-17-5-13-21(14-6-17)29-25-20-11-9-18(10-12-20)7-8-19-15-22(26-2)24(28-4)23(16-19)27-3/h5-16,25H,1-4H3/b8-7-. The molecule has 0 aliphatic carbocycles. The molecule has 29 heavy (non-hydrogen) atoms. The van der Waals surface area contributed by atoms with Gasteiger partial charge in [-0.25, -0.2) is 0 Å². The summed E-state index contributed by atoms with van der Waals surface area (Å²) < 4.78 is 19.6. The van der Waals surface area contributed by atoms with Crippen molar-refractivity contribution in [2.24, 2.45) is 0 Å². The Hall–Kier alpha value is -3.05. The molecular weight excluding hydrogens is 382 g/mol. The number of methoxy groups -OCH3 is 3. The van der Waals surface area contributed by atoms with Crippen LogP contribution in [0, 0.1) is 6.92 Å². The summed E-state index contributed by atoms with van der Waals surface area (Å²) in [7, 11) is 4.83. The minimum Gasteiger partial charge on any atom is -0.493 e. The van der Waals surface area contributed by atoms with Gasteiger partial charge in [-0.3, -0.25) is 0 Å². The Morgan fingerprint density at radius 3 is 1.86 bits per heavy atom. The molecule has 0 aromatic heterocycles. The molecule has 4 nitrogen and oxygen atoms in total. The van der Waals surface area contributed by atoms with Gasteiger partial charge in [-0.15, -0.1) is 0 Å². The molecule has 0 bridgehead atoms. The Morgan fingerprint density at radius 1 is 0.724 bits per heavy atom. The molecule has 0 aliphatic rings. The van der Waals surface area contributed by atoms with E-state index in [0.717, 1.165) is 16.8 Å². The molecule has 3 aromatic rings. The van der Waals surface area contributed by atoms with E-state index in [1.807, 2.05) is 18.2 Å². The van der Waals surface area contributed by atoms with Crippen molar-refractivity contribution in [2.45, 2.75) is 11.8 Å². The van der Waals surface area contributed by atoms with Crippen molar-refractivity contribution < 1.29 is 14.2 Å². The van der Waals surface area contributed by atoms with E-state index in [2.05, 4.69) is 66.3 Å². The number of benzene rings is 3. The van der Waals surface area contributed by atoms with Crippen molar-refractivity contribution in [3.8, 4) is 17.2 Å². The number of aryl methyl sites for hydroxylation is 1. The van der Waals surface area contributed by atoms with Crippen LogP contribution >= 0.6 is 11.9 Å². The van der Waals surface area contributed by atoms with Crippen LogP contribution in [0.25, 0.3) is 12.2 Å². The zero-order valence-corrected chi connectivity index (χ0v) is 17.9. The first-order valence-corrected chi connectivity index (χ1v) is 10.0. The van der Waals surface area contributed by atoms with Crippen LogP contribution in [0.3, 0.4) is 0 Å². The van der Waals surface area contributed by atoms with Crippen molar-refractivity contribution in [1.29, 1.82) is 0 Å². The molecule has 0 heterocycles. The molecule has 3 aromatic carbocycles. The van der Waals surface area contributed by atoms with E-state index < -0.39 is 0 Å². The van der Waals surface area contributed by atoms with E-state index in [9.17, 15) is 0 Å². The Labute approximate surface area is 176 Å². The van der Waals surface area contributed by atoms with Crippen LogP contribution in [-0.4, -0.2) is 21.3 Å². The first-order chi connectivity index (χ1) is 14.1. The number of rotatable bonds is 8. The summed E-state index contributed by atoms with van der Waals surface area (Å²) in [5.74, 6) is 1.87. The van der Waals surface area contributed by atoms with Gasteiger partial charge in [0.2, 0.25) is 5.75 Å². The highest BCUT2D eigenvalue weighted by atomic mass is 32.2. The number of ether oxygens (including phenoxy) is 3. The molecule has 0 radical (unpaired) electrons. The smallest absolute Gasteiger partial charge is 0.203 e. The number of anilines is 1. The monoisotopic (exact) mass is 407 g/mol. The summed E-state index contributed by atoms with van der Waals surface area (Å²) in [6.07, 6.45) is 4.07. The summed E-state index contributed by atoms with van der Waals surface area (Å²) in [6.45, 7) is 2.09. The lowest BCUT2D eigenvalue weighted by Gasteiger charge is -2.12. The van der Waals surface area contributed by atoms with Crippen molar-refractivity contribution in [3.63, 3.8) is 0 Å². The van der Waals surface area contributed by atoms with Crippen molar-refractivity contribution in [1.82, 2.24) is 0 Å². The quantitative estimate of drug-likeness (QED) is 0.350. The third kappa shape index (κ3) is 5.48. The molecule has 150 valence electrons. The van der Waals surface area contributed by atoms with Gasteiger partial charge in [0.1, 0.15) is 0 Å². The third-order valence-electron chi connectivity index (χ3n) is 4.37. The fourth-order valence-corrected chi connectivity index (χ4v) is 3.42. The molecule has 0 amide bonds. The maximum absolute atomic E-state index is 5.41. The molecule has 0 fully saturated rings. The number of nitrogens with one attached hydrogen (secondary N) is 1. The van der Waals surface area contributed by atoms with E-state index in [1.165, 1.54) is 10.5 Å². The van der Waals surface area contributed by atoms with Crippen LogP contribution in [0.5, 0.6) is 17.2 Å². The van der Waals surface area contributed by atoms with Crippen LogP contribution in [0.2, 0.25) is 0 Å². The van der Waals surface area contributed by atoms with Gasteiger partial charge in [0.15, 0.2) is 11.5 Å². The molecule has 0 unspecified atom stereocenters. The second-order valence-corrected chi connectivity index (χ2v) is 7.31. The molecule has 0 aliphatic heterocycles. The summed E-state index contributed by atoms with van der Waals surface area (Å²) >= 11 is 1.60. The van der Waals surface area contributed by atoms with Crippen LogP contribution in [0.4, 0.5) is 5.69 Å². The average molecular weight is 408 g/mol. The Morgan fingerprint density at radius 2 is 1.31 bits per heavy atom. The summed E-state index contributed by atoms with van der Waals surface area (Å²) in [6, 6.07) is 20.6. The topological polar surface area (TPSA) is 39.7 Å². The average Bonchev–Trinajstić information content (AvgIpc) is 2.77. The lowest BCUT2D eigenvalue weighted by atomic mass is 10.1. The first kappa shape index (κ1) is 20.7. The predicted octanol–water partition coefficient (Wildman–Crippen LogP) is 6.31. The van der Waals surface area contributed by atoms with Crippen molar-refractivity contribution in [3.05, 3.63) is 77.4 Å². The predicted molar refractivity (Wildman–Crippen MR) is 122 cm³/mol. The highest BCUT2D eigenvalue weighted by Gasteiger charge is 2.11. The van der Waals surface area contributed by atoms with Crippen LogP contribution in [0.1, 0.15) is 16.7 Å². The van der Waals surface area contributed by atoms with Crippen LogP contribution in [-0.2, 0) is 0 Å². The molecule has 0 saturated carbocycles. The zero-order valence-electron chi connectivity index (χ0n) is 17.1. The van der Waals surface area contributed by atoms with E-state index in [-0.39, 0.29) is 0 Å². The molecule has 0 saturated heterocycles. The van der Waals surface area contributed by atoms with Gasteiger partial charge < -0.3 is 18.9 Å². The summed E-state index contributed by atoms with van der Waals surface area (Å²) in [4.78, 5) is 1.18. The number of hydrogen-bond donors (Lipinski definition) is 1. The SMILES string of the molecule is COc1cc(/C=C\c2ccc(NSc3ccc(C)cc3)cc2)cc(OC)c1OC. The Balaban J connectivity index is 1.67. The minimum absolute atomic E-state index is 0.591. The molecular formula is C24H25NO3S. The Bertz CT molecular complexity index is 941. The van der Waals surface area contributed by atoms with Gasteiger partial charge in [0, 0.05) is 10.6 Å². The van der Waals surface area contributed by atoms with Gasteiger partial charge >= 0.3 is 0 Å². The molecule has 0 spiro atoms. The highest BCUT2D eigenvalue weighted by Crippen LogP contribution is 2.38. The first-order valence-electron chi connectivity index (χ1n) is 9.20. The maximum Gasteiger partial charge on any atom is 0.203 e. The Kier molecular flexibility index (Phi) is 7.09. The van der Waals surface area contributed by atoms with Gasteiger partial charge in [-0.05, 0) is 66.4 Å². The maximum atomic E-state index is 5.41. The van der Waals surface area contributed by atoms with E-state index in [1.54, 1.807) is 33.3 Å². The summed E-state index contributed by atoms with van der Waals surface area (Å²) in [5, 5.41) is 0. The van der Waals surface area contributed by atoms with Gasteiger partial charge in [0.25, 0.3) is 0 Å². The second-order valence-electron chi connectivity index (χ2n) is 6.43. The fraction of sp³-hybridized carbons (Fsp3) is 0.167. The van der Waals surface area contributed by atoms with E-state index >= 15 is 0 Å². The van der Waals surface area contributed by atoms with Gasteiger partial charge in [0.05, 0.1) is 21.3 Å². The lowest BCUT2D eigenvalue weighted by molar-refractivity contribution is 0.324. The van der Waals surface area contributed by atoms with Gasteiger partial charge in [-0.1, -0.05) is 42.0 Å². The van der Waals surface area contributed by atoms with Crippen LogP contribution in [0.15, 0.2) is 65.6 Å². The lowest BCUT2D eigenvalue weighted by Crippen LogP contribution is -1.95. The molecule has 1 N–H and O–H groups in total. The molecule has 5 heteroatoms. The third-order valence-corrected chi connectivity index (χ3v) is 5.22. The zero-order chi connectivity index (χ0) is 20.6. The molecule has 0 atom stereocenters. The molecule has 3 rings (SSSR count). The minimum atomic E-state index is 0.591. The van der Waals surface area contributed by atoms with Crippen molar-refractivity contribution in [2.75, 3.05) is 26.1 Å². The van der Waals surface area contributed by atoms with Crippen molar-refractivity contribution >= 4 is 29.8 Å². The second kappa shape index (κ2) is 9.94. The van der Waals surface area contributed by atoms with E-state index in [0.29, 0.717) is 17.2 Å². The van der Waals surface area contributed by atoms with Crippen LogP contribution < -0.4 is 18.9 Å². The largest absolute Gasteiger partial charge is 0.493 e. The van der Waals surface area contributed by atoms with E-state index in [4.69, 9.17) is 14.2 Å². The fourth-order valence-electron chi connectivity index (χ4n) is 2.78. The number of hydrogen-bond acceptors (Lipinski definition) is 5. The normalized spacial score (nSPS) is 10.8. The summed E-state index contributed by atoms with van der Waals surface area (Å²) in [5.41, 5.74) is 4.39.